The number of aromatic nitrogens is 4. The van der Waals surface area contributed by atoms with Gasteiger partial charge in [-0.2, -0.15) is 4.40 Å². The summed E-state index contributed by atoms with van der Waals surface area (Å²) in [5.74, 6) is 0.877. The molecule has 3 aromatic rings. The van der Waals surface area contributed by atoms with Crippen LogP contribution in [0.25, 0.3) is 5.78 Å². The van der Waals surface area contributed by atoms with Crippen molar-refractivity contribution in [2.45, 2.75) is 20.5 Å². The first kappa shape index (κ1) is 15.0. The highest BCUT2D eigenvalue weighted by atomic mass is 16.6. The molecule has 0 N–H and O–H groups in total. The Labute approximate surface area is 133 Å². The average molecular weight is 311 g/mol. The van der Waals surface area contributed by atoms with Crippen molar-refractivity contribution in [1.82, 2.24) is 14.8 Å². The molecule has 2 aromatic heterocycles. The minimum absolute atomic E-state index is 0.176. The van der Waals surface area contributed by atoms with E-state index in [2.05, 4.69) is 15.1 Å². The molecule has 7 nitrogen and oxygen atoms in total. The fraction of sp³-hybridized carbons (Fsp3) is 0.250. The second-order valence-corrected chi connectivity index (χ2v) is 5.25. The number of hydrogen-bond acceptors (Lipinski definition) is 5. The molecule has 0 amide bonds. The molecule has 23 heavy (non-hydrogen) atoms. The molecule has 0 aliphatic carbocycles. The van der Waals surface area contributed by atoms with Gasteiger partial charge in [-0.1, -0.05) is 30.3 Å². The smallest absolute Gasteiger partial charge is 0.390 e. The first-order valence-corrected chi connectivity index (χ1v) is 7.20. The van der Waals surface area contributed by atoms with E-state index >= 15 is 0 Å². The maximum absolute atomic E-state index is 11.9. The fourth-order valence-corrected chi connectivity index (χ4v) is 2.36. The number of benzene rings is 1. The lowest BCUT2D eigenvalue weighted by Crippen LogP contribution is -2.28. The summed E-state index contributed by atoms with van der Waals surface area (Å²) < 4.78 is 8.47. The highest BCUT2D eigenvalue weighted by Crippen LogP contribution is 2.08. The van der Waals surface area contributed by atoms with Crippen molar-refractivity contribution in [3.63, 3.8) is 0 Å². The van der Waals surface area contributed by atoms with Crippen LogP contribution in [-0.2, 0) is 18.4 Å². The van der Waals surface area contributed by atoms with Crippen LogP contribution in [0.1, 0.15) is 17.0 Å². The number of hydrogen-bond donors (Lipinski definition) is 0. The minimum Gasteiger partial charge on any atom is -0.588 e. The molecule has 0 aliphatic rings. The average Bonchev–Trinajstić information content (AvgIpc) is 2.82. The second kappa shape index (κ2) is 6.04. The molecule has 118 valence electrons. The zero-order valence-corrected chi connectivity index (χ0v) is 13.2. The molecule has 0 saturated carbocycles. The van der Waals surface area contributed by atoms with Gasteiger partial charge in [0.15, 0.2) is 0 Å². The molecule has 0 aliphatic heterocycles. The maximum atomic E-state index is 11.9. The van der Waals surface area contributed by atoms with Crippen LogP contribution < -0.4 is 9.51 Å². The van der Waals surface area contributed by atoms with E-state index in [1.165, 1.54) is 0 Å². The molecule has 0 spiro atoms. The molecule has 0 saturated heterocycles. The lowest BCUT2D eigenvalue weighted by molar-refractivity contribution is -0.509. The number of fused-ring (bicyclic) bond motifs is 1. The van der Waals surface area contributed by atoms with E-state index in [1.54, 1.807) is 16.1 Å². The third kappa shape index (κ3) is 3.13. The van der Waals surface area contributed by atoms with Crippen LogP contribution >= 0.6 is 0 Å². The predicted octanol–water partition coefficient (Wildman–Crippen LogP) is 0.735. The van der Waals surface area contributed by atoms with Crippen molar-refractivity contribution in [3.8, 4) is 0 Å². The molecule has 0 unspecified atom stereocenters. The Hall–Kier alpha value is -2.96. The van der Waals surface area contributed by atoms with Crippen molar-refractivity contribution in [2.75, 3.05) is 0 Å². The van der Waals surface area contributed by atoms with Gasteiger partial charge in [0.1, 0.15) is 0 Å². The molecule has 1 aromatic carbocycles. The molecule has 3 rings (SSSR count). The first-order chi connectivity index (χ1) is 11.0. The van der Waals surface area contributed by atoms with Gasteiger partial charge in [0.25, 0.3) is 0 Å². The van der Waals surface area contributed by atoms with E-state index in [1.807, 2.05) is 50.2 Å². The monoisotopic (exact) mass is 311 g/mol. The van der Waals surface area contributed by atoms with E-state index in [-0.39, 0.29) is 12.6 Å². The topological polar surface area (TPSA) is 79.5 Å². The molecule has 0 fully saturated rings. The quantitative estimate of drug-likeness (QED) is 0.406. The van der Waals surface area contributed by atoms with E-state index in [0.717, 1.165) is 17.0 Å². The van der Waals surface area contributed by atoms with Crippen molar-refractivity contribution >= 4 is 17.8 Å². The van der Waals surface area contributed by atoms with Gasteiger partial charge in [-0.3, -0.25) is 0 Å². The Kier molecular flexibility index (Phi) is 3.92. The molecule has 0 atom stereocenters. The summed E-state index contributed by atoms with van der Waals surface area (Å²) in [4.78, 5) is 8.35. The van der Waals surface area contributed by atoms with Gasteiger partial charge >= 0.3 is 11.7 Å². The third-order valence-corrected chi connectivity index (χ3v) is 3.37. The Morgan fingerprint density at radius 3 is 2.78 bits per heavy atom. The van der Waals surface area contributed by atoms with E-state index in [9.17, 15) is 5.11 Å². The maximum Gasteiger partial charge on any atom is 0.390 e. The van der Waals surface area contributed by atoms with Gasteiger partial charge < -0.3 is 9.84 Å². The van der Waals surface area contributed by atoms with Crippen LogP contribution in [0.2, 0.25) is 0 Å². The molecular weight excluding hydrogens is 294 g/mol. The molecule has 2 heterocycles. The summed E-state index contributed by atoms with van der Waals surface area (Å²) in [6.07, 6.45) is -0.679. The second-order valence-electron chi connectivity index (χ2n) is 5.25. The Bertz CT molecular complexity index is 871. The van der Waals surface area contributed by atoms with Gasteiger partial charge in [0.05, 0.1) is 18.4 Å². The summed E-state index contributed by atoms with van der Waals surface area (Å²) >= 11 is 0. The van der Waals surface area contributed by atoms with Gasteiger partial charge in [0, 0.05) is 11.7 Å². The highest BCUT2D eigenvalue weighted by molar-refractivity contribution is 5.64. The zero-order valence-electron chi connectivity index (χ0n) is 13.2. The van der Waals surface area contributed by atoms with Crippen LogP contribution in [-0.4, -0.2) is 20.8 Å². The Morgan fingerprint density at radius 2 is 2.04 bits per heavy atom. The summed E-state index contributed by atoms with van der Waals surface area (Å²) in [6, 6.07) is 11.4. The summed E-state index contributed by atoms with van der Waals surface area (Å²) in [5.41, 5.74) is 2.68. The highest BCUT2D eigenvalue weighted by Gasteiger charge is 2.19. The Balaban J connectivity index is 1.88. The number of rotatable bonds is 3. The molecule has 7 heteroatoms. The summed E-state index contributed by atoms with van der Waals surface area (Å²) in [5, 5.41) is 16.2. The number of ether oxygens (including phenoxy) is 1. The van der Waals surface area contributed by atoms with Crippen molar-refractivity contribution in [1.29, 1.82) is 0 Å². The van der Waals surface area contributed by atoms with E-state index < -0.39 is 6.08 Å². The van der Waals surface area contributed by atoms with Crippen LogP contribution in [0.5, 0.6) is 0 Å². The summed E-state index contributed by atoms with van der Waals surface area (Å²) in [6.45, 7) is 4.00. The lowest BCUT2D eigenvalue weighted by atomic mass is 10.2. The standard InChI is InChI=1S/C16H17N5O2/c1-11-9-12(2)21-14(19-20(3)15(21)17-11)18-16(22)23-10-13-7-5-4-6-8-13/h4-9H,10H2,1-3H3. The number of aliphatic imine (C=N–C) groups is 1. The van der Waals surface area contributed by atoms with Gasteiger partial charge in [-0.25, -0.2) is 0 Å². The van der Waals surface area contributed by atoms with Crippen molar-refractivity contribution in [3.05, 3.63) is 53.3 Å². The van der Waals surface area contributed by atoms with Gasteiger partial charge in [0.2, 0.25) is 6.08 Å². The Morgan fingerprint density at radius 1 is 1.30 bits per heavy atom. The number of aryl methyl sites for hydroxylation is 3. The molecule has 0 radical (unpaired) electrons. The van der Waals surface area contributed by atoms with Crippen molar-refractivity contribution in [2.24, 2.45) is 12.0 Å². The van der Waals surface area contributed by atoms with E-state index in [4.69, 9.17) is 4.74 Å². The van der Waals surface area contributed by atoms with Gasteiger partial charge in [-0.05, 0) is 25.5 Å². The largest absolute Gasteiger partial charge is 0.588 e. The SMILES string of the molecule is Cc1cc(C)[n+]2c(/N=C(/[O-])OCc3ccccc3)nn(C)c2n1. The van der Waals surface area contributed by atoms with Crippen LogP contribution in [0.3, 0.4) is 0 Å². The molecular formula is C16H17N5O2. The predicted molar refractivity (Wildman–Crippen MR) is 82.0 cm³/mol. The minimum atomic E-state index is -0.679. The van der Waals surface area contributed by atoms with Crippen LogP contribution in [0.4, 0.5) is 5.95 Å². The normalized spacial score (nSPS) is 11.9. The molecule has 0 bridgehead atoms. The third-order valence-electron chi connectivity index (χ3n) is 3.37. The van der Waals surface area contributed by atoms with E-state index in [0.29, 0.717) is 5.78 Å². The fourth-order valence-electron chi connectivity index (χ4n) is 2.36. The van der Waals surface area contributed by atoms with Crippen molar-refractivity contribution < 1.29 is 14.2 Å². The first-order valence-electron chi connectivity index (χ1n) is 7.20. The zero-order chi connectivity index (χ0) is 16.4. The van der Waals surface area contributed by atoms with Crippen LogP contribution in [0.15, 0.2) is 41.4 Å². The van der Waals surface area contributed by atoms with Crippen LogP contribution in [0, 0.1) is 13.8 Å². The lowest BCUT2D eigenvalue weighted by Gasteiger charge is -2.11. The summed E-state index contributed by atoms with van der Waals surface area (Å²) in [7, 11) is 1.76. The number of nitrogens with zero attached hydrogens (tertiary/aromatic N) is 5. The van der Waals surface area contributed by atoms with Gasteiger partial charge in [-0.15, -0.1) is 14.7 Å².